The molecule has 1 aliphatic rings. The largest absolute Gasteiger partial charge is 0.366 e. The minimum atomic E-state index is -3.65. The van der Waals surface area contributed by atoms with Crippen LogP contribution in [0.15, 0.2) is 29.2 Å². The fourth-order valence-corrected chi connectivity index (χ4v) is 3.56. The van der Waals surface area contributed by atoms with Crippen molar-refractivity contribution in [3.63, 3.8) is 0 Å². The first-order valence-electron chi connectivity index (χ1n) is 5.63. The third-order valence-corrected chi connectivity index (χ3v) is 4.80. The van der Waals surface area contributed by atoms with Gasteiger partial charge >= 0.3 is 0 Å². The lowest BCUT2D eigenvalue weighted by Crippen LogP contribution is -2.46. The van der Waals surface area contributed by atoms with Gasteiger partial charge in [0, 0.05) is 26.2 Å². The molecule has 1 aliphatic heterocycles. The molecule has 0 radical (unpaired) electrons. The minimum Gasteiger partial charge on any atom is -0.366 e. The summed E-state index contributed by atoms with van der Waals surface area (Å²) in [5.41, 5.74) is 5.24. The van der Waals surface area contributed by atoms with E-state index in [2.05, 4.69) is 5.32 Å². The van der Waals surface area contributed by atoms with Crippen LogP contribution in [0.3, 0.4) is 0 Å². The number of rotatable bonds is 3. The van der Waals surface area contributed by atoms with Crippen LogP contribution in [0.1, 0.15) is 10.4 Å². The molecule has 0 bridgehead atoms. The summed E-state index contributed by atoms with van der Waals surface area (Å²) in [5, 5.41) is 3.08. The van der Waals surface area contributed by atoms with E-state index in [0.717, 1.165) is 0 Å². The van der Waals surface area contributed by atoms with E-state index in [1.807, 2.05) is 0 Å². The summed E-state index contributed by atoms with van der Waals surface area (Å²) in [6.45, 7) is 2.01. The quantitative estimate of drug-likeness (QED) is 0.765. The fourth-order valence-electron chi connectivity index (χ4n) is 1.92. The van der Waals surface area contributed by atoms with Crippen LogP contribution in [0.5, 0.6) is 0 Å². The molecular formula is C11H15N3O3S. The van der Waals surface area contributed by atoms with Gasteiger partial charge in [0.25, 0.3) is 0 Å². The van der Waals surface area contributed by atoms with Crippen LogP contribution in [0, 0.1) is 0 Å². The molecule has 18 heavy (non-hydrogen) atoms. The Balaban J connectivity index is 2.43. The summed E-state index contributed by atoms with van der Waals surface area (Å²) in [5.74, 6) is -0.732. The van der Waals surface area contributed by atoms with Crippen molar-refractivity contribution >= 4 is 15.9 Å². The predicted molar refractivity (Wildman–Crippen MR) is 66.6 cm³/mol. The Morgan fingerprint density at radius 2 is 1.83 bits per heavy atom. The predicted octanol–water partition coefficient (Wildman–Crippen LogP) is -0.621. The summed E-state index contributed by atoms with van der Waals surface area (Å²) < 4.78 is 26.2. The summed E-state index contributed by atoms with van der Waals surface area (Å²) in [7, 11) is -3.65. The Kier molecular flexibility index (Phi) is 3.65. The van der Waals surface area contributed by atoms with Gasteiger partial charge in [-0.15, -0.1) is 0 Å². The van der Waals surface area contributed by atoms with E-state index in [1.165, 1.54) is 16.4 Å². The molecule has 0 aliphatic carbocycles. The van der Waals surface area contributed by atoms with Crippen LogP contribution >= 0.6 is 0 Å². The molecule has 0 unspecified atom stereocenters. The van der Waals surface area contributed by atoms with Gasteiger partial charge in [-0.2, -0.15) is 4.31 Å². The molecule has 98 valence electrons. The number of carbonyl (C=O) groups is 1. The summed E-state index contributed by atoms with van der Waals surface area (Å²) >= 11 is 0. The molecule has 7 heteroatoms. The second-order valence-electron chi connectivity index (χ2n) is 4.01. The van der Waals surface area contributed by atoms with Gasteiger partial charge in [0.2, 0.25) is 15.9 Å². The van der Waals surface area contributed by atoms with Gasteiger partial charge in [-0.05, 0) is 12.1 Å². The monoisotopic (exact) mass is 269 g/mol. The summed E-state index contributed by atoms with van der Waals surface area (Å²) in [6, 6.07) is 6.02. The smallest absolute Gasteiger partial charge is 0.250 e. The number of nitrogens with two attached hydrogens (primary N) is 1. The lowest BCUT2D eigenvalue weighted by Gasteiger charge is -2.27. The minimum absolute atomic E-state index is 0.0144. The SMILES string of the molecule is NC(=O)c1ccccc1S(=O)(=O)N1CCNCC1. The highest BCUT2D eigenvalue weighted by Crippen LogP contribution is 2.20. The van der Waals surface area contributed by atoms with Crippen molar-refractivity contribution in [3.05, 3.63) is 29.8 Å². The molecule has 2 rings (SSSR count). The van der Waals surface area contributed by atoms with Gasteiger partial charge in [-0.3, -0.25) is 4.79 Å². The number of benzene rings is 1. The second-order valence-corrected chi connectivity index (χ2v) is 5.92. The lowest BCUT2D eigenvalue weighted by atomic mass is 10.2. The van der Waals surface area contributed by atoms with Crippen molar-refractivity contribution in [2.24, 2.45) is 5.73 Å². The normalized spacial score (nSPS) is 17.6. The van der Waals surface area contributed by atoms with Gasteiger partial charge in [0.05, 0.1) is 10.5 Å². The van der Waals surface area contributed by atoms with E-state index in [-0.39, 0.29) is 10.5 Å². The number of piperazine rings is 1. The number of nitrogens with zero attached hydrogens (tertiary/aromatic N) is 1. The fraction of sp³-hybridized carbons (Fsp3) is 0.364. The summed E-state index contributed by atoms with van der Waals surface area (Å²) in [6.07, 6.45) is 0. The number of amides is 1. The van der Waals surface area contributed by atoms with E-state index in [9.17, 15) is 13.2 Å². The molecule has 0 aromatic heterocycles. The van der Waals surface area contributed by atoms with Crippen molar-refractivity contribution in [3.8, 4) is 0 Å². The van der Waals surface area contributed by atoms with Gasteiger partial charge in [0.1, 0.15) is 0 Å². The first-order valence-corrected chi connectivity index (χ1v) is 7.07. The molecule has 6 nitrogen and oxygen atoms in total. The van der Waals surface area contributed by atoms with Crippen molar-refractivity contribution in [1.82, 2.24) is 9.62 Å². The maximum Gasteiger partial charge on any atom is 0.250 e. The van der Waals surface area contributed by atoms with Crippen molar-refractivity contribution in [1.29, 1.82) is 0 Å². The number of sulfonamides is 1. The molecule has 1 aromatic carbocycles. The zero-order valence-corrected chi connectivity index (χ0v) is 10.6. The molecule has 1 saturated heterocycles. The van der Waals surface area contributed by atoms with E-state index >= 15 is 0 Å². The molecule has 0 atom stereocenters. The maximum absolute atomic E-state index is 12.4. The van der Waals surface area contributed by atoms with Crippen LogP contribution in [-0.2, 0) is 10.0 Å². The van der Waals surface area contributed by atoms with Crippen molar-refractivity contribution < 1.29 is 13.2 Å². The van der Waals surface area contributed by atoms with Gasteiger partial charge in [-0.1, -0.05) is 12.1 Å². The molecule has 0 spiro atoms. The maximum atomic E-state index is 12.4. The number of carbonyl (C=O) groups excluding carboxylic acids is 1. The number of nitrogens with one attached hydrogen (secondary N) is 1. The second kappa shape index (κ2) is 5.05. The van der Waals surface area contributed by atoms with Crippen molar-refractivity contribution in [2.45, 2.75) is 4.90 Å². The number of hydrogen-bond acceptors (Lipinski definition) is 4. The van der Waals surface area contributed by atoms with Crippen LogP contribution in [0.25, 0.3) is 0 Å². The van der Waals surface area contributed by atoms with Crippen LogP contribution in [0.2, 0.25) is 0 Å². The van der Waals surface area contributed by atoms with Crippen LogP contribution < -0.4 is 11.1 Å². The van der Waals surface area contributed by atoms with E-state index in [0.29, 0.717) is 26.2 Å². The topological polar surface area (TPSA) is 92.5 Å². The van der Waals surface area contributed by atoms with Crippen LogP contribution in [-0.4, -0.2) is 44.8 Å². The number of hydrogen-bond donors (Lipinski definition) is 2. The van der Waals surface area contributed by atoms with Gasteiger partial charge in [0.15, 0.2) is 0 Å². The van der Waals surface area contributed by atoms with E-state index in [1.54, 1.807) is 12.1 Å². The molecule has 0 saturated carbocycles. The average molecular weight is 269 g/mol. The Bertz CT molecular complexity index is 550. The first-order chi connectivity index (χ1) is 8.53. The first kappa shape index (κ1) is 13.0. The third-order valence-electron chi connectivity index (χ3n) is 2.85. The molecular weight excluding hydrogens is 254 g/mol. The van der Waals surface area contributed by atoms with Crippen molar-refractivity contribution in [2.75, 3.05) is 26.2 Å². The zero-order chi connectivity index (χ0) is 13.2. The lowest BCUT2D eigenvalue weighted by molar-refractivity contribution is 0.0997. The van der Waals surface area contributed by atoms with E-state index < -0.39 is 15.9 Å². The Morgan fingerprint density at radius 1 is 1.22 bits per heavy atom. The third kappa shape index (κ3) is 2.38. The standard InChI is InChI=1S/C11H15N3O3S/c12-11(15)9-3-1-2-4-10(9)18(16,17)14-7-5-13-6-8-14/h1-4,13H,5-8H2,(H2,12,15). The highest BCUT2D eigenvalue weighted by Gasteiger charge is 2.28. The zero-order valence-electron chi connectivity index (χ0n) is 9.80. The molecule has 1 amide bonds. The summed E-state index contributed by atoms with van der Waals surface area (Å²) in [4.78, 5) is 11.3. The molecule has 1 aromatic rings. The van der Waals surface area contributed by atoms with Crippen LogP contribution in [0.4, 0.5) is 0 Å². The molecule has 3 N–H and O–H groups in total. The Morgan fingerprint density at radius 3 is 2.44 bits per heavy atom. The van der Waals surface area contributed by atoms with Gasteiger partial charge in [-0.25, -0.2) is 8.42 Å². The highest BCUT2D eigenvalue weighted by molar-refractivity contribution is 7.89. The van der Waals surface area contributed by atoms with Gasteiger partial charge < -0.3 is 11.1 Å². The highest BCUT2D eigenvalue weighted by atomic mass is 32.2. The van der Waals surface area contributed by atoms with E-state index in [4.69, 9.17) is 5.73 Å². The average Bonchev–Trinajstić information content (AvgIpc) is 2.39. The number of primary amides is 1. The molecule has 1 heterocycles. The Labute approximate surface area is 106 Å². The molecule has 1 fully saturated rings. The Hall–Kier alpha value is -1.44.